The van der Waals surface area contributed by atoms with Gasteiger partial charge in [-0.25, -0.2) is 4.98 Å². The highest BCUT2D eigenvalue weighted by molar-refractivity contribution is 5.48. The molecule has 0 amide bonds. The molecule has 0 aromatic carbocycles. The lowest BCUT2D eigenvalue weighted by atomic mass is 10.3. The van der Waals surface area contributed by atoms with Gasteiger partial charge in [0.1, 0.15) is 11.6 Å². The minimum atomic E-state index is -5.73. The molecule has 0 bridgehead atoms. The van der Waals surface area contributed by atoms with Gasteiger partial charge in [-0.1, -0.05) is 0 Å². The van der Waals surface area contributed by atoms with Crippen LogP contribution in [-0.2, 0) is 0 Å². The van der Waals surface area contributed by atoms with Crippen LogP contribution in [0.25, 0.3) is 0 Å². The van der Waals surface area contributed by atoms with Gasteiger partial charge in [0.2, 0.25) is 5.88 Å². The number of anilines is 1. The Kier molecular flexibility index (Phi) is 3.59. The number of nitrogens with zero attached hydrogens (tertiary/aromatic N) is 2. The maximum Gasteiger partial charge on any atom is 0.456 e. The molecule has 18 heavy (non-hydrogen) atoms. The number of aromatic nitrogens is 1. The molecular weight excluding hydrogens is 261 g/mol. The van der Waals surface area contributed by atoms with Crippen LogP contribution in [0.3, 0.4) is 0 Å². The average molecular weight is 267 g/mol. The van der Waals surface area contributed by atoms with Gasteiger partial charge in [0.05, 0.1) is 11.9 Å². The summed E-state index contributed by atoms with van der Waals surface area (Å²) in [6.07, 6.45) is -4.75. The number of hydrogen-bond donors (Lipinski definition) is 1. The van der Waals surface area contributed by atoms with Gasteiger partial charge in [0, 0.05) is 0 Å². The number of nitrogen functional groups attached to an aromatic ring is 1. The van der Waals surface area contributed by atoms with Crippen molar-refractivity contribution < 1.29 is 26.7 Å². The van der Waals surface area contributed by atoms with E-state index in [-0.39, 0.29) is 11.3 Å². The van der Waals surface area contributed by atoms with Crippen molar-refractivity contribution in [3.63, 3.8) is 0 Å². The number of halogens is 5. The van der Waals surface area contributed by atoms with Crippen molar-refractivity contribution in [3.05, 3.63) is 17.8 Å². The first-order chi connectivity index (χ1) is 8.17. The molecule has 0 spiro atoms. The Morgan fingerprint density at radius 1 is 1.33 bits per heavy atom. The highest BCUT2D eigenvalue weighted by Crippen LogP contribution is 2.35. The van der Waals surface area contributed by atoms with Crippen LogP contribution in [0, 0.1) is 11.3 Å². The van der Waals surface area contributed by atoms with E-state index in [1.54, 1.807) is 0 Å². The summed E-state index contributed by atoms with van der Waals surface area (Å²) in [5.41, 5.74) is 4.99. The lowest BCUT2D eigenvalue weighted by Gasteiger charge is -2.19. The molecule has 1 aromatic heterocycles. The van der Waals surface area contributed by atoms with E-state index >= 15 is 0 Å². The van der Waals surface area contributed by atoms with Gasteiger partial charge in [-0.2, -0.15) is 27.2 Å². The molecule has 0 atom stereocenters. The Balaban J connectivity index is 2.85. The summed E-state index contributed by atoms with van der Waals surface area (Å²) in [6.45, 7) is -1.96. The van der Waals surface area contributed by atoms with Crippen molar-refractivity contribution in [3.8, 4) is 11.9 Å². The molecule has 1 heterocycles. The van der Waals surface area contributed by atoms with Gasteiger partial charge in [0.25, 0.3) is 0 Å². The number of hydrogen-bond acceptors (Lipinski definition) is 4. The number of rotatable bonds is 3. The Bertz CT molecular complexity index is 480. The number of alkyl halides is 5. The van der Waals surface area contributed by atoms with E-state index in [0.29, 0.717) is 0 Å². The third kappa shape index (κ3) is 2.97. The maximum atomic E-state index is 12.5. The van der Waals surface area contributed by atoms with E-state index in [0.717, 1.165) is 12.3 Å². The zero-order valence-corrected chi connectivity index (χ0v) is 8.63. The standard InChI is InChI=1S/C9H6F5N3O/c10-8(11,9(12,13)14)4-18-7-5(2-15)1-6(16)3-17-7/h1,3H,4,16H2. The van der Waals surface area contributed by atoms with Gasteiger partial charge < -0.3 is 10.5 Å². The fraction of sp³-hybridized carbons (Fsp3) is 0.333. The van der Waals surface area contributed by atoms with E-state index in [9.17, 15) is 22.0 Å². The van der Waals surface area contributed by atoms with Crippen molar-refractivity contribution in [2.24, 2.45) is 0 Å². The molecule has 0 unspecified atom stereocenters. The van der Waals surface area contributed by atoms with Gasteiger partial charge in [-0.15, -0.1) is 0 Å². The normalized spacial score (nSPS) is 12.0. The van der Waals surface area contributed by atoms with Gasteiger partial charge in [-0.05, 0) is 6.07 Å². The molecule has 1 aromatic rings. The van der Waals surface area contributed by atoms with Gasteiger partial charge in [-0.3, -0.25) is 0 Å². The molecule has 9 heteroatoms. The highest BCUT2D eigenvalue weighted by atomic mass is 19.4. The monoisotopic (exact) mass is 267 g/mol. The quantitative estimate of drug-likeness (QED) is 0.851. The largest absolute Gasteiger partial charge is 0.470 e. The first kappa shape index (κ1) is 14.0. The smallest absolute Gasteiger partial charge is 0.456 e. The molecule has 0 radical (unpaired) electrons. The lowest BCUT2D eigenvalue weighted by molar-refractivity contribution is -0.290. The summed E-state index contributed by atoms with van der Waals surface area (Å²) >= 11 is 0. The van der Waals surface area contributed by atoms with Crippen molar-refractivity contribution in [1.29, 1.82) is 5.26 Å². The lowest BCUT2D eigenvalue weighted by Crippen LogP contribution is -2.41. The second kappa shape index (κ2) is 4.64. The molecule has 0 saturated carbocycles. The summed E-state index contributed by atoms with van der Waals surface area (Å²) < 4.78 is 64.8. The minimum Gasteiger partial charge on any atom is -0.470 e. The predicted octanol–water partition coefficient (Wildman–Crippen LogP) is 2.11. The second-order valence-corrected chi connectivity index (χ2v) is 3.22. The highest BCUT2D eigenvalue weighted by Gasteiger charge is 2.58. The molecule has 98 valence electrons. The van der Waals surface area contributed by atoms with Crippen LogP contribution in [0.1, 0.15) is 5.56 Å². The number of nitriles is 1. The van der Waals surface area contributed by atoms with E-state index < -0.39 is 24.6 Å². The molecule has 0 saturated heterocycles. The third-order valence-corrected chi connectivity index (χ3v) is 1.80. The van der Waals surface area contributed by atoms with Crippen LogP contribution in [0.15, 0.2) is 12.3 Å². The van der Waals surface area contributed by atoms with Crippen LogP contribution in [0.5, 0.6) is 5.88 Å². The van der Waals surface area contributed by atoms with Crippen molar-refractivity contribution in [2.45, 2.75) is 12.1 Å². The summed E-state index contributed by atoms with van der Waals surface area (Å²) in [6, 6.07) is 2.57. The first-order valence-corrected chi connectivity index (χ1v) is 4.40. The van der Waals surface area contributed by atoms with E-state index in [2.05, 4.69) is 9.72 Å². The minimum absolute atomic E-state index is 0.0569. The van der Waals surface area contributed by atoms with Crippen LogP contribution in [-0.4, -0.2) is 23.7 Å². The SMILES string of the molecule is N#Cc1cc(N)cnc1OCC(F)(F)C(F)(F)F. The Morgan fingerprint density at radius 3 is 2.44 bits per heavy atom. The molecule has 0 aliphatic rings. The van der Waals surface area contributed by atoms with E-state index in [1.807, 2.05) is 0 Å². The summed E-state index contributed by atoms with van der Waals surface area (Å²) in [5.74, 6) is -5.65. The van der Waals surface area contributed by atoms with E-state index in [4.69, 9.17) is 11.0 Å². The summed E-state index contributed by atoms with van der Waals surface area (Å²) in [7, 11) is 0. The van der Waals surface area contributed by atoms with Gasteiger partial charge >= 0.3 is 12.1 Å². The van der Waals surface area contributed by atoms with Crippen LogP contribution < -0.4 is 10.5 Å². The summed E-state index contributed by atoms with van der Waals surface area (Å²) in [4.78, 5) is 3.36. The van der Waals surface area contributed by atoms with E-state index in [1.165, 1.54) is 6.07 Å². The molecule has 2 N–H and O–H groups in total. The average Bonchev–Trinajstić information content (AvgIpc) is 2.25. The van der Waals surface area contributed by atoms with Crippen molar-refractivity contribution in [2.75, 3.05) is 12.3 Å². The van der Waals surface area contributed by atoms with Crippen molar-refractivity contribution >= 4 is 5.69 Å². The van der Waals surface area contributed by atoms with Gasteiger partial charge in [0.15, 0.2) is 6.61 Å². The zero-order chi connectivity index (χ0) is 14.0. The van der Waals surface area contributed by atoms with Crippen LogP contribution in [0.4, 0.5) is 27.6 Å². The molecular formula is C9H6F5N3O. The first-order valence-electron chi connectivity index (χ1n) is 4.40. The number of pyridine rings is 1. The Labute approximate surface area is 97.8 Å². The summed E-state index contributed by atoms with van der Waals surface area (Å²) in [5, 5.41) is 8.60. The number of ether oxygens (including phenoxy) is 1. The topological polar surface area (TPSA) is 71.9 Å². The molecule has 0 aliphatic heterocycles. The zero-order valence-electron chi connectivity index (χ0n) is 8.63. The number of nitrogens with two attached hydrogens (primary N) is 1. The van der Waals surface area contributed by atoms with Crippen molar-refractivity contribution in [1.82, 2.24) is 4.98 Å². The Morgan fingerprint density at radius 2 is 1.94 bits per heavy atom. The third-order valence-electron chi connectivity index (χ3n) is 1.80. The molecule has 0 fully saturated rings. The predicted molar refractivity (Wildman–Crippen MR) is 49.9 cm³/mol. The second-order valence-electron chi connectivity index (χ2n) is 3.22. The Hall–Kier alpha value is -2.11. The molecule has 0 aliphatic carbocycles. The molecule has 1 rings (SSSR count). The fourth-order valence-electron chi connectivity index (χ4n) is 0.904. The fourth-order valence-corrected chi connectivity index (χ4v) is 0.904. The maximum absolute atomic E-state index is 12.5. The van der Waals surface area contributed by atoms with Crippen LogP contribution in [0.2, 0.25) is 0 Å². The molecule has 4 nitrogen and oxygen atoms in total. The van der Waals surface area contributed by atoms with Crippen LogP contribution >= 0.6 is 0 Å².